The zero-order chi connectivity index (χ0) is 15.9. The molecule has 1 saturated heterocycles. The summed E-state index contributed by atoms with van der Waals surface area (Å²) >= 11 is 0. The van der Waals surface area contributed by atoms with Crippen molar-refractivity contribution < 1.29 is 14.3 Å². The molecule has 118 valence electrons. The van der Waals surface area contributed by atoms with Gasteiger partial charge in [0.2, 0.25) is 0 Å². The predicted molar refractivity (Wildman–Crippen MR) is 82.1 cm³/mol. The highest BCUT2D eigenvalue weighted by Gasteiger charge is 2.32. The van der Waals surface area contributed by atoms with Gasteiger partial charge in [-0.2, -0.15) is 5.26 Å². The fraction of sp³-hybridized carbons (Fsp3) is 0.529. The van der Waals surface area contributed by atoms with E-state index in [1.807, 2.05) is 13.0 Å². The second kappa shape index (κ2) is 7.92. The van der Waals surface area contributed by atoms with Crippen LogP contribution in [0, 0.1) is 11.3 Å². The summed E-state index contributed by atoms with van der Waals surface area (Å²) in [7, 11) is 1.40. The lowest BCUT2D eigenvalue weighted by atomic mass is 9.99. The standard InChI is InChI=1S/C17H22N2O3/c1-3-22-15-8-5-9-19(12-15)16(17(20)21-2)14-7-4-6-13(10-14)11-18/h4,6-7,10,15-16H,3,5,8-9,12H2,1-2H3. The third-order valence-corrected chi connectivity index (χ3v) is 3.93. The van der Waals surface area contributed by atoms with Gasteiger partial charge in [0.15, 0.2) is 0 Å². The second-order valence-corrected chi connectivity index (χ2v) is 5.38. The molecule has 2 rings (SSSR count). The molecule has 0 radical (unpaired) electrons. The minimum atomic E-state index is -0.485. The number of nitriles is 1. The van der Waals surface area contributed by atoms with Gasteiger partial charge in [0, 0.05) is 13.2 Å². The van der Waals surface area contributed by atoms with Gasteiger partial charge in [-0.3, -0.25) is 4.90 Å². The molecule has 22 heavy (non-hydrogen) atoms. The van der Waals surface area contributed by atoms with Crippen LogP contribution in [0.1, 0.15) is 36.9 Å². The molecule has 0 saturated carbocycles. The highest BCUT2D eigenvalue weighted by Crippen LogP contribution is 2.27. The Morgan fingerprint density at radius 2 is 2.36 bits per heavy atom. The monoisotopic (exact) mass is 302 g/mol. The number of hydrogen-bond acceptors (Lipinski definition) is 5. The number of esters is 1. The number of carbonyl (C=O) groups is 1. The molecule has 0 bridgehead atoms. The van der Waals surface area contributed by atoms with E-state index in [9.17, 15) is 4.79 Å². The van der Waals surface area contributed by atoms with Crippen molar-refractivity contribution in [1.82, 2.24) is 4.90 Å². The number of carbonyl (C=O) groups excluding carboxylic acids is 1. The second-order valence-electron chi connectivity index (χ2n) is 5.38. The van der Waals surface area contributed by atoms with Crippen molar-refractivity contribution in [2.45, 2.75) is 31.9 Å². The van der Waals surface area contributed by atoms with Crippen molar-refractivity contribution in [1.29, 1.82) is 5.26 Å². The first-order valence-electron chi connectivity index (χ1n) is 7.63. The Kier molecular flexibility index (Phi) is 5.93. The van der Waals surface area contributed by atoms with Crippen molar-refractivity contribution >= 4 is 5.97 Å². The molecule has 1 aromatic carbocycles. The van der Waals surface area contributed by atoms with Crippen molar-refractivity contribution in [3.05, 3.63) is 35.4 Å². The Balaban J connectivity index is 2.26. The molecule has 1 fully saturated rings. The average molecular weight is 302 g/mol. The number of benzene rings is 1. The molecule has 0 amide bonds. The van der Waals surface area contributed by atoms with Crippen LogP contribution in [0.4, 0.5) is 0 Å². The lowest BCUT2D eigenvalue weighted by molar-refractivity contribution is -0.149. The van der Waals surface area contributed by atoms with Crippen LogP contribution in [0.2, 0.25) is 0 Å². The van der Waals surface area contributed by atoms with Gasteiger partial charge >= 0.3 is 5.97 Å². The minimum absolute atomic E-state index is 0.144. The minimum Gasteiger partial charge on any atom is -0.468 e. The third-order valence-electron chi connectivity index (χ3n) is 3.93. The Hall–Kier alpha value is -1.90. The summed E-state index contributed by atoms with van der Waals surface area (Å²) in [5, 5.41) is 9.06. The van der Waals surface area contributed by atoms with Gasteiger partial charge in [0.05, 0.1) is 24.8 Å². The molecule has 5 nitrogen and oxygen atoms in total. The lowest BCUT2D eigenvalue weighted by Gasteiger charge is -2.36. The Labute approximate surface area is 131 Å². The number of hydrogen-bond donors (Lipinski definition) is 0. The molecule has 0 aromatic heterocycles. The number of rotatable bonds is 5. The van der Waals surface area contributed by atoms with Gasteiger partial charge in [0.25, 0.3) is 0 Å². The maximum Gasteiger partial charge on any atom is 0.327 e. The van der Waals surface area contributed by atoms with Crippen LogP contribution in [0.15, 0.2) is 24.3 Å². The summed E-state index contributed by atoms with van der Waals surface area (Å²) in [4.78, 5) is 14.4. The van der Waals surface area contributed by atoms with E-state index in [0.717, 1.165) is 24.9 Å². The van der Waals surface area contributed by atoms with Gasteiger partial charge in [-0.05, 0) is 44.0 Å². The summed E-state index contributed by atoms with van der Waals surface area (Å²) in [5.41, 5.74) is 1.34. The van der Waals surface area contributed by atoms with Crippen molar-refractivity contribution in [3.8, 4) is 6.07 Å². The molecular weight excluding hydrogens is 280 g/mol. The molecule has 1 aromatic rings. The van der Waals surface area contributed by atoms with Gasteiger partial charge in [-0.1, -0.05) is 12.1 Å². The van der Waals surface area contributed by atoms with Crippen LogP contribution < -0.4 is 0 Å². The number of likely N-dealkylation sites (tertiary alicyclic amines) is 1. The van der Waals surface area contributed by atoms with Gasteiger partial charge in [-0.15, -0.1) is 0 Å². The van der Waals surface area contributed by atoms with E-state index in [2.05, 4.69) is 11.0 Å². The fourth-order valence-electron chi connectivity index (χ4n) is 2.96. The van der Waals surface area contributed by atoms with Crippen LogP contribution in [0.5, 0.6) is 0 Å². The summed E-state index contributed by atoms with van der Waals surface area (Å²) in [6, 6.07) is 8.79. The first-order chi connectivity index (χ1) is 10.7. The zero-order valence-electron chi connectivity index (χ0n) is 13.1. The first-order valence-corrected chi connectivity index (χ1v) is 7.63. The van der Waals surface area contributed by atoms with E-state index < -0.39 is 6.04 Å². The highest BCUT2D eigenvalue weighted by atomic mass is 16.5. The Bertz CT molecular complexity index is 551. The molecule has 1 aliphatic rings. The van der Waals surface area contributed by atoms with Gasteiger partial charge < -0.3 is 9.47 Å². The number of ether oxygens (including phenoxy) is 2. The summed E-state index contributed by atoms with van der Waals surface area (Å²) < 4.78 is 10.7. The molecule has 1 aliphatic heterocycles. The van der Waals surface area contributed by atoms with E-state index in [4.69, 9.17) is 14.7 Å². The maximum atomic E-state index is 12.3. The van der Waals surface area contributed by atoms with E-state index >= 15 is 0 Å². The smallest absolute Gasteiger partial charge is 0.327 e. The van der Waals surface area contributed by atoms with E-state index in [1.165, 1.54) is 7.11 Å². The largest absolute Gasteiger partial charge is 0.468 e. The molecule has 1 heterocycles. The van der Waals surface area contributed by atoms with Crippen molar-refractivity contribution in [2.75, 3.05) is 26.8 Å². The van der Waals surface area contributed by atoms with E-state index in [0.29, 0.717) is 18.7 Å². The number of nitrogens with zero attached hydrogens (tertiary/aromatic N) is 2. The highest BCUT2D eigenvalue weighted by molar-refractivity contribution is 5.77. The molecule has 2 atom stereocenters. The molecular formula is C17H22N2O3. The van der Waals surface area contributed by atoms with E-state index in [1.54, 1.807) is 18.2 Å². The Morgan fingerprint density at radius 1 is 1.55 bits per heavy atom. The van der Waals surface area contributed by atoms with Gasteiger partial charge in [0.1, 0.15) is 6.04 Å². The van der Waals surface area contributed by atoms with Crippen LogP contribution in [0.25, 0.3) is 0 Å². The quantitative estimate of drug-likeness (QED) is 0.781. The normalized spacial score (nSPS) is 20.1. The third kappa shape index (κ3) is 3.85. The zero-order valence-corrected chi connectivity index (χ0v) is 13.1. The average Bonchev–Trinajstić information content (AvgIpc) is 2.56. The summed E-state index contributed by atoms with van der Waals surface area (Å²) in [6.45, 7) is 4.17. The van der Waals surface area contributed by atoms with E-state index in [-0.39, 0.29) is 12.1 Å². The molecule has 0 N–H and O–H groups in total. The Morgan fingerprint density at radius 3 is 3.05 bits per heavy atom. The number of piperidine rings is 1. The number of methoxy groups -OCH3 is 1. The SMILES string of the molecule is CCOC1CCCN(C(C(=O)OC)c2cccc(C#N)c2)C1. The molecule has 0 aliphatic carbocycles. The molecule has 5 heteroatoms. The first kappa shape index (κ1) is 16.5. The van der Waals surface area contributed by atoms with Crippen LogP contribution >= 0.6 is 0 Å². The summed E-state index contributed by atoms with van der Waals surface area (Å²) in [5.74, 6) is -0.299. The lowest BCUT2D eigenvalue weighted by Crippen LogP contribution is -2.44. The van der Waals surface area contributed by atoms with Crippen LogP contribution in [-0.2, 0) is 14.3 Å². The van der Waals surface area contributed by atoms with Crippen molar-refractivity contribution in [3.63, 3.8) is 0 Å². The maximum absolute atomic E-state index is 12.3. The van der Waals surface area contributed by atoms with Crippen molar-refractivity contribution in [2.24, 2.45) is 0 Å². The summed E-state index contributed by atoms with van der Waals surface area (Å²) in [6.07, 6.45) is 2.14. The molecule has 2 unspecified atom stereocenters. The van der Waals surface area contributed by atoms with Gasteiger partial charge in [-0.25, -0.2) is 4.79 Å². The van der Waals surface area contributed by atoms with Crippen LogP contribution in [-0.4, -0.2) is 43.8 Å². The molecule has 0 spiro atoms. The topological polar surface area (TPSA) is 62.6 Å². The fourth-order valence-corrected chi connectivity index (χ4v) is 2.96. The predicted octanol–water partition coefficient (Wildman–Crippen LogP) is 2.27. The van der Waals surface area contributed by atoms with Crippen LogP contribution in [0.3, 0.4) is 0 Å².